The number of aryl methyl sites for hydroxylation is 2. The monoisotopic (exact) mass is 464 g/mol. The van der Waals surface area contributed by atoms with E-state index in [4.69, 9.17) is 4.52 Å². The average Bonchev–Trinajstić information content (AvgIpc) is 3.26. The molecule has 164 valence electrons. The second kappa shape index (κ2) is 8.48. The zero-order valence-electron chi connectivity index (χ0n) is 17.0. The highest BCUT2D eigenvalue weighted by atomic mass is 32.2. The highest BCUT2D eigenvalue weighted by molar-refractivity contribution is 7.89. The maximum Gasteiger partial charge on any atom is 0.273 e. The van der Waals surface area contributed by atoms with Crippen molar-refractivity contribution >= 4 is 27.3 Å². The van der Waals surface area contributed by atoms with Crippen LogP contribution in [0.3, 0.4) is 0 Å². The first-order chi connectivity index (χ1) is 14.8. The summed E-state index contributed by atoms with van der Waals surface area (Å²) in [7, 11) is -3.77. The van der Waals surface area contributed by atoms with Crippen molar-refractivity contribution in [2.24, 2.45) is 0 Å². The second-order valence-electron chi connectivity index (χ2n) is 7.22. The zero-order chi connectivity index (χ0) is 22.2. The number of benzene rings is 1. The van der Waals surface area contributed by atoms with Crippen molar-refractivity contribution in [1.29, 1.82) is 0 Å². The summed E-state index contributed by atoms with van der Waals surface area (Å²) in [5.74, 6) is -0.445. The zero-order valence-corrected chi connectivity index (χ0v) is 18.7. The van der Waals surface area contributed by atoms with Crippen molar-refractivity contribution in [3.8, 4) is 10.6 Å². The summed E-state index contributed by atoms with van der Waals surface area (Å²) in [6.45, 7) is 4.23. The van der Waals surface area contributed by atoms with Crippen molar-refractivity contribution in [1.82, 2.24) is 19.3 Å². The highest BCUT2D eigenvalue weighted by Gasteiger charge is 2.33. The number of sulfonamides is 1. The van der Waals surface area contributed by atoms with E-state index in [0.717, 1.165) is 0 Å². The minimum Gasteiger partial charge on any atom is -0.360 e. The summed E-state index contributed by atoms with van der Waals surface area (Å²) in [5, 5.41) is 5.77. The summed E-state index contributed by atoms with van der Waals surface area (Å²) >= 11 is 1.20. The van der Waals surface area contributed by atoms with E-state index in [1.165, 1.54) is 21.7 Å². The first-order valence-electron chi connectivity index (χ1n) is 9.72. The molecule has 2 aromatic heterocycles. The normalized spacial score (nSPS) is 15.8. The smallest absolute Gasteiger partial charge is 0.273 e. The fourth-order valence-corrected chi connectivity index (χ4v) is 6.18. The third kappa shape index (κ3) is 4.12. The van der Waals surface area contributed by atoms with E-state index in [0.29, 0.717) is 29.2 Å². The Kier molecular flexibility index (Phi) is 5.91. The Balaban J connectivity index is 1.49. The molecular weight excluding hydrogens is 443 g/mol. The van der Waals surface area contributed by atoms with Crippen LogP contribution < -0.4 is 0 Å². The Morgan fingerprint density at radius 3 is 2.65 bits per heavy atom. The molecule has 1 aliphatic rings. The first-order valence-corrected chi connectivity index (χ1v) is 12.0. The SMILES string of the molecule is Cc1noc(C)c1S(=O)(=O)N1CCCN(C(=O)c2csc(-c3ccccc3F)n2)CC1. The van der Waals surface area contributed by atoms with E-state index in [1.807, 2.05) is 0 Å². The van der Waals surface area contributed by atoms with E-state index in [-0.39, 0.29) is 41.9 Å². The summed E-state index contributed by atoms with van der Waals surface area (Å²) < 4.78 is 46.5. The first kappa shape index (κ1) is 21.6. The Labute approximate surface area is 183 Å². The van der Waals surface area contributed by atoms with E-state index in [9.17, 15) is 17.6 Å². The Hall–Kier alpha value is -2.63. The van der Waals surface area contributed by atoms with Gasteiger partial charge in [-0.05, 0) is 32.4 Å². The molecule has 0 saturated carbocycles. The van der Waals surface area contributed by atoms with Gasteiger partial charge in [0.1, 0.15) is 27.1 Å². The molecule has 0 spiro atoms. The molecule has 0 radical (unpaired) electrons. The molecule has 0 unspecified atom stereocenters. The van der Waals surface area contributed by atoms with Gasteiger partial charge in [-0.3, -0.25) is 4.79 Å². The molecule has 1 aliphatic heterocycles. The number of carbonyl (C=O) groups excluding carboxylic acids is 1. The fourth-order valence-electron chi connectivity index (χ4n) is 3.60. The fraction of sp³-hybridized carbons (Fsp3) is 0.350. The highest BCUT2D eigenvalue weighted by Crippen LogP contribution is 2.27. The molecule has 3 heterocycles. The van der Waals surface area contributed by atoms with Crippen molar-refractivity contribution < 1.29 is 22.1 Å². The predicted molar refractivity (Wildman–Crippen MR) is 113 cm³/mol. The van der Waals surface area contributed by atoms with Crippen molar-refractivity contribution in [2.75, 3.05) is 26.2 Å². The van der Waals surface area contributed by atoms with Crippen LogP contribution >= 0.6 is 11.3 Å². The number of nitrogens with zero attached hydrogens (tertiary/aromatic N) is 4. The lowest BCUT2D eigenvalue weighted by atomic mass is 10.2. The van der Waals surface area contributed by atoms with E-state index in [2.05, 4.69) is 10.1 Å². The number of carbonyl (C=O) groups is 1. The quantitative estimate of drug-likeness (QED) is 0.589. The summed E-state index contributed by atoms with van der Waals surface area (Å²) in [6, 6.07) is 6.27. The lowest BCUT2D eigenvalue weighted by Crippen LogP contribution is -2.37. The molecule has 0 bridgehead atoms. The van der Waals surface area contributed by atoms with Crippen molar-refractivity contribution in [3.63, 3.8) is 0 Å². The largest absolute Gasteiger partial charge is 0.360 e. The van der Waals surface area contributed by atoms with Gasteiger partial charge >= 0.3 is 0 Å². The number of thiazole rings is 1. The molecule has 3 aromatic rings. The molecule has 11 heteroatoms. The van der Waals surface area contributed by atoms with Crippen LogP contribution in [0.15, 0.2) is 39.1 Å². The minimum absolute atomic E-state index is 0.0845. The summed E-state index contributed by atoms with van der Waals surface area (Å²) in [4.78, 5) is 18.9. The van der Waals surface area contributed by atoms with E-state index >= 15 is 0 Å². The van der Waals surface area contributed by atoms with Crippen molar-refractivity contribution in [2.45, 2.75) is 25.2 Å². The molecule has 0 aliphatic carbocycles. The van der Waals surface area contributed by atoms with Crippen LogP contribution in [-0.4, -0.2) is 59.8 Å². The van der Waals surface area contributed by atoms with Gasteiger partial charge in [0.25, 0.3) is 5.91 Å². The Morgan fingerprint density at radius 2 is 1.94 bits per heavy atom. The van der Waals surface area contributed by atoms with Gasteiger partial charge < -0.3 is 9.42 Å². The maximum atomic E-state index is 14.0. The lowest BCUT2D eigenvalue weighted by Gasteiger charge is -2.21. The van der Waals surface area contributed by atoms with Crippen molar-refractivity contribution in [3.05, 3.63) is 52.6 Å². The van der Waals surface area contributed by atoms with E-state index in [1.54, 1.807) is 42.3 Å². The van der Waals surface area contributed by atoms with Gasteiger partial charge in [0.15, 0.2) is 5.76 Å². The Bertz CT molecular complexity index is 1200. The third-order valence-corrected chi connectivity index (χ3v) is 8.15. The number of halogens is 1. The van der Waals surface area contributed by atoms with E-state index < -0.39 is 15.8 Å². The Morgan fingerprint density at radius 1 is 1.16 bits per heavy atom. The second-order valence-corrected chi connectivity index (χ2v) is 9.95. The van der Waals surface area contributed by atoms with Crippen LogP contribution in [0.1, 0.15) is 28.4 Å². The van der Waals surface area contributed by atoms with Gasteiger partial charge in [-0.15, -0.1) is 11.3 Å². The van der Waals surface area contributed by atoms with Gasteiger partial charge in [0.05, 0.1) is 0 Å². The third-order valence-electron chi connectivity index (χ3n) is 5.14. The molecule has 8 nitrogen and oxygen atoms in total. The molecular formula is C20H21FN4O4S2. The summed E-state index contributed by atoms with van der Waals surface area (Å²) in [5.41, 5.74) is 0.891. The van der Waals surface area contributed by atoms with Crippen LogP contribution in [0.4, 0.5) is 4.39 Å². The number of hydrogen-bond acceptors (Lipinski definition) is 7. The van der Waals surface area contributed by atoms with Crippen LogP contribution in [0.5, 0.6) is 0 Å². The van der Waals surface area contributed by atoms with Gasteiger partial charge in [0, 0.05) is 37.1 Å². The predicted octanol–water partition coefficient (Wildman–Crippen LogP) is 3.09. The average molecular weight is 465 g/mol. The topological polar surface area (TPSA) is 96.6 Å². The van der Waals surface area contributed by atoms with Crippen LogP contribution in [-0.2, 0) is 10.0 Å². The van der Waals surface area contributed by atoms with Crippen LogP contribution in [0.2, 0.25) is 0 Å². The number of amides is 1. The van der Waals surface area contributed by atoms with Gasteiger partial charge in [-0.2, -0.15) is 4.31 Å². The molecule has 31 heavy (non-hydrogen) atoms. The molecule has 1 aromatic carbocycles. The van der Waals surface area contributed by atoms with Gasteiger partial charge in [-0.25, -0.2) is 17.8 Å². The molecule has 0 N–H and O–H groups in total. The molecule has 1 fully saturated rings. The molecule has 0 atom stereocenters. The minimum atomic E-state index is -3.77. The standard InChI is InChI=1S/C20H21FN4O4S2/c1-13-18(14(2)29-23-13)31(27,28)25-9-5-8-24(10-11-25)20(26)17-12-30-19(22-17)15-6-3-4-7-16(15)21/h3-4,6-7,12H,5,8-11H2,1-2H3. The maximum absolute atomic E-state index is 14.0. The molecule has 4 rings (SSSR count). The number of rotatable bonds is 4. The van der Waals surface area contributed by atoms with Gasteiger partial charge in [-0.1, -0.05) is 17.3 Å². The summed E-state index contributed by atoms with van der Waals surface area (Å²) in [6.07, 6.45) is 0.485. The molecule has 1 saturated heterocycles. The van der Waals surface area contributed by atoms with Crippen LogP contribution in [0, 0.1) is 19.7 Å². The number of hydrogen-bond donors (Lipinski definition) is 0. The lowest BCUT2D eigenvalue weighted by molar-refractivity contribution is 0.0759. The van der Waals surface area contributed by atoms with Gasteiger partial charge in [0.2, 0.25) is 10.0 Å². The molecule has 1 amide bonds. The van der Waals surface area contributed by atoms with Crippen LogP contribution in [0.25, 0.3) is 10.6 Å². The number of aromatic nitrogens is 2.